The summed E-state index contributed by atoms with van der Waals surface area (Å²) in [6.07, 6.45) is 9.97. The molecule has 0 aliphatic carbocycles. The predicted octanol–water partition coefficient (Wildman–Crippen LogP) is 3.06. The van der Waals surface area contributed by atoms with Gasteiger partial charge in [-0.3, -0.25) is 29.0 Å². The van der Waals surface area contributed by atoms with Crippen LogP contribution in [-0.4, -0.2) is 101 Å². The molecule has 59 heavy (non-hydrogen) atoms. The molecule has 0 saturated carbocycles. The molecule has 6 N–H and O–H groups in total. The molecule has 2 aliphatic heterocycles. The lowest BCUT2D eigenvalue weighted by atomic mass is 9.84. The van der Waals surface area contributed by atoms with Gasteiger partial charge in [-0.15, -0.1) is 6.58 Å². The third kappa shape index (κ3) is 14.7. The van der Waals surface area contributed by atoms with E-state index in [0.717, 1.165) is 0 Å². The molecule has 15 heteroatoms. The number of rotatable bonds is 11. The highest BCUT2D eigenvalue weighted by atomic mass is 16.5. The van der Waals surface area contributed by atoms with E-state index in [-0.39, 0.29) is 37.5 Å². The predicted molar refractivity (Wildman–Crippen MR) is 222 cm³/mol. The second kappa shape index (κ2) is 23.9. The smallest absolute Gasteiger partial charge is 0.325 e. The second-order valence-corrected chi connectivity index (χ2v) is 15.2. The number of fused-ring (bicyclic) bond motifs is 2. The van der Waals surface area contributed by atoms with E-state index in [0.29, 0.717) is 36.3 Å². The summed E-state index contributed by atoms with van der Waals surface area (Å²) in [5.74, 6) is -5.24. The summed E-state index contributed by atoms with van der Waals surface area (Å²) >= 11 is 0. The van der Waals surface area contributed by atoms with Crippen molar-refractivity contribution in [2.75, 3.05) is 20.2 Å². The Bertz CT molecular complexity index is 1770. The molecule has 1 aromatic rings. The molecule has 2 bridgehead atoms. The highest BCUT2D eigenvalue weighted by molar-refractivity contribution is 5.93. The van der Waals surface area contributed by atoms with Crippen LogP contribution < -0.4 is 26.1 Å². The van der Waals surface area contributed by atoms with Crippen LogP contribution >= 0.6 is 0 Å². The van der Waals surface area contributed by atoms with E-state index in [9.17, 15) is 39.0 Å². The Kier molecular flexibility index (Phi) is 19.4. The number of Topliss-reactive ketones (excluding diaryl/α,β-unsaturated/α-hetero) is 1. The van der Waals surface area contributed by atoms with Gasteiger partial charge in [0.25, 0.3) is 5.91 Å². The minimum Gasteiger partial charge on any atom is -0.497 e. The highest BCUT2D eigenvalue weighted by Crippen LogP contribution is 2.26. The zero-order valence-electron chi connectivity index (χ0n) is 34.9. The molecule has 2 unspecified atom stereocenters. The number of carbonyl (C=O) groups excluding carboxylic acids is 6. The van der Waals surface area contributed by atoms with Crippen molar-refractivity contribution in [1.82, 2.24) is 26.4 Å². The van der Waals surface area contributed by atoms with Gasteiger partial charge in [-0.25, -0.2) is 5.43 Å². The number of nitrogens with zero attached hydrogens (tertiary/aromatic N) is 1. The Morgan fingerprint density at radius 1 is 1.10 bits per heavy atom. The van der Waals surface area contributed by atoms with Crippen molar-refractivity contribution in [2.24, 2.45) is 17.8 Å². The van der Waals surface area contributed by atoms with Crippen LogP contribution in [0.4, 0.5) is 0 Å². The van der Waals surface area contributed by atoms with Crippen molar-refractivity contribution in [2.45, 2.75) is 103 Å². The summed E-state index contributed by atoms with van der Waals surface area (Å²) in [6.45, 7) is 12.2. The lowest BCUT2D eigenvalue weighted by molar-refractivity contribution is -0.156. The Morgan fingerprint density at radius 3 is 2.53 bits per heavy atom. The number of benzene rings is 1. The first kappa shape index (κ1) is 48.0. The average Bonchev–Trinajstić information content (AvgIpc) is 3.21. The van der Waals surface area contributed by atoms with Gasteiger partial charge in [-0.05, 0) is 62.3 Å². The lowest BCUT2D eigenvalue weighted by Gasteiger charge is -2.36. The Hall–Kier alpha value is -5.38. The fraction of sp³-hybridized carbons (Fsp3) is 0.500. The number of ketones is 1. The summed E-state index contributed by atoms with van der Waals surface area (Å²) < 4.78 is 11.4. The van der Waals surface area contributed by atoms with Crippen LogP contribution in [-0.2, 0) is 33.5 Å². The van der Waals surface area contributed by atoms with Gasteiger partial charge in [-0.1, -0.05) is 75.4 Å². The van der Waals surface area contributed by atoms with Crippen molar-refractivity contribution < 1.29 is 48.5 Å². The van der Waals surface area contributed by atoms with Crippen LogP contribution in [0.15, 0.2) is 85.0 Å². The van der Waals surface area contributed by atoms with Crippen molar-refractivity contribution in [3.05, 3.63) is 90.6 Å². The van der Waals surface area contributed by atoms with Crippen LogP contribution in [0.2, 0.25) is 0 Å². The van der Waals surface area contributed by atoms with Gasteiger partial charge in [0.05, 0.1) is 25.2 Å². The maximum atomic E-state index is 14.4. The maximum Gasteiger partial charge on any atom is 0.325 e. The maximum absolute atomic E-state index is 14.4. The zero-order chi connectivity index (χ0) is 43.6. The molecule has 2 aliphatic rings. The van der Waals surface area contributed by atoms with E-state index < -0.39 is 77.9 Å². The normalized spacial score (nSPS) is 28.0. The number of hydrogen-bond acceptors (Lipinski definition) is 11. The highest BCUT2D eigenvalue weighted by Gasteiger charge is 2.39. The summed E-state index contributed by atoms with van der Waals surface area (Å²) in [5, 5.41) is 32.0. The van der Waals surface area contributed by atoms with Crippen molar-refractivity contribution >= 4 is 35.4 Å². The Balaban J connectivity index is 2.10. The molecular weight excluding hydrogens is 759 g/mol. The standard InChI is InChI=1S/C44H61N5O10/c1-8-24-45-37(52)21-12-15-28(4)36-20-11-9-10-19-35(51)30(6)40(53)33(23-22-29(5)50)41(54)46-38(27(2)3)42(55)47-39(31-16-13-17-32(26-31)58-7)43(56)49-25-14-18-34(48-49)44(57)59-36/h8-13,15-17,19,21,26-27,30,33-36,38-40,48,51,53H,1,14,18,20,22-25H2,2-7H3,(H,45,52)(H,46,54)(H,47,55)/b11-9+,19-10+,21-12+,28-15+/t30-,33+,34?,35-,36-,38-,39?,40+/m0/s1. The zero-order valence-corrected chi connectivity index (χ0v) is 34.9. The van der Waals surface area contributed by atoms with Gasteiger partial charge in [0, 0.05) is 37.9 Å². The Labute approximate surface area is 347 Å². The number of hydrazine groups is 1. The molecule has 3 rings (SSSR count). The van der Waals surface area contributed by atoms with Gasteiger partial charge in [0.15, 0.2) is 0 Å². The van der Waals surface area contributed by atoms with E-state index in [2.05, 4.69) is 28.0 Å². The monoisotopic (exact) mass is 819 g/mol. The number of nitrogens with one attached hydrogen (secondary N) is 4. The molecule has 1 saturated heterocycles. The third-order valence-corrected chi connectivity index (χ3v) is 10.3. The van der Waals surface area contributed by atoms with Gasteiger partial charge in [0.2, 0.25) is 17.7 Å². The number of hydrogen-bond donors (Lipinski definition) is 6. The fourth-order valence-electron chi connectivity index (χ4n) is 6.60. The molecular formula is C44H61N5O10. The number of amides is 4. The van der Waals surface area contributed by atoms with Crippen molar-refractivity contribution in [3.63, 3.8) is 0 Å². The molecule has 15 nitrogen and oxygen atoms in total. The molecule has 2 heterocycles. The average molecular weight is 820 g/mol. The summed E-state index contributed by atoms with van der Waals surface area (Å²) in [4.78, 5) is 80.4. The van der Waals surface area contributed by atoms with Crippen LogP contribution in [0.25, 0.3) is 0 Å². The van der Waals surface area contributed by atoms with Gasteiger partial charge in [-0.2, -0.15) is 0 Å². The van der Waals surface area contributed by atoms with E-state index in [1.807, 2.05) is 0 Å². The van der Waals surface area contributed by atoms with Crippen LogP contribution in [0.5, 0.6) is 5.75 Å². The molecule has 4 amide bonds. The summed E-state index contributed by atoms with van der Waals surface area (Å²) in [5.41, 5.74) is 4.00. The topological polar surface area (TPSA) is 213 Å². The van der Waals surface area contributed by atoms with Crippen LogP contribution in [0.1, 0.15) is 78.3 Å². The minimum absolute atomic E-state index is 0.0246. The summed E-state index contributed by atoms with van der Waals surface area (Å²) in [7, 11) is 1.47. The Morgan fingerprint density at radius 2 is 1.85 bits per heavy atom. The molecule has 1 aromatic carbocycles. The molecule has 0 radical (unpaired) electrons. The lowest BCUT2D eigenvalue weighted by Crippen LogP contribution is -2.59. The fourth-order valence-corrected chi connectivity index (χ4v) is 6.60. The number of methoxy groups -OCH3 is 1. The van der Waals surface area contributed by atoms with E-state index >= 15 is 0 Å². The third-order valence-electron chi connectivity index (χ3n) is 10.3. The van der Waals surface area contributed by atoms with Gasteiger partial charge in [0.1, 0.15) is 35.8 Å². The van der Waals surface area contributed by atoms with Gasteiger partial charge >= 0.3 is 5.97 Å². The number of aliphatic hydroxyl groups excluding tert-OH is 2. The van der Waals surface area contributed by atoms with E-state index in [1.165, 1.54) is 37.3 Å². The number of aliphatic hydroxyl groups is 2. The first-order valence-corrected chi connectivity index (χ1v) is 20.0. The SMILES string of the molecule is C=CCNC(=O)/C=C/C=C(\C)[C@@H]1C/C=C/C=C/[C@H](O)[C@H](C)[C@@H](O)[C@@H](CCC(C)=O)C(=O)N[C@@H](C(C)C)C(=O)NC(c2cccc(OC)c2)C(=O)N2CCCC(N2)C(=O)O1. The molecule has 322 valence electrons. The largest absolute Gasteiger partial charge is 0.497 e. The minimum atomic E-state index is -1.42. The molecule has 0 spiro atoms. The second-order valence-electron chi connectivity index (χ2n) is 15.2. The number of carbonyl (C=O) groups is 6. The number of allylic oxidation sites excluding steroid dienone is 4. The number of cyclic esters (lactones) is 1. The van der Waals surface area contributed by atoms with Crippen LogP contribution in [0, 0.1) is 17.8 Å². The first-order valence-electron chi connectivity index (χ1n) is 20.0. The molecule has 8 atom stereocenters. The van der Waals surface area contributed by atoms with Crippen molar-refractivity contribution in [1.29, 1.82) is 0 Å². The van der Waals surface area contributed by atoms with E-state index in [4.69, 9.17) is 9.47 Å². The van der Waals surface area contributed by atoms with Gasteiger partial charge < -0.3 is 40.4 Å². The quantitative estimate of drug-likeness (QED) is 0.0827. The molecule has 0 aromatic heterocycles. The number of esters is 1. The van der Waals surface area contributed by atoms with E-state index in [1.54, 1.807) is 82.3 Å². The van der Waals surface area contributed by atoms with Crippen molar-refractivity contribution in [3.8, 4) is 5.75 Å². The van der Waals surface area contributed by atoms with Crippen LogP contribution in [0.3, 0.4) is 0 Å². The summed E-state index contributed by atoms with van der Waals surface area (Å²) in [6, 6.07) is 3.20. The number of ether oxygens (including phenoxy) is 2. The first-order chi connectivity index (χ1) is 28.1. The molecule has 1 fully saturated rings.